The highest BCUT2D eigenvalue weighted by atomic mass is 32.1. The summed E-state index contributed by atoms with van der Waals surface area (Å²) in [5, 5.41) is 11.0. The molecule has 0 saturated carbocycles. The van der Waals surface area contributed by atoms with Gasteiger partial charge < -0.3 is 10.8 Å². The number of fused-ring (bicyclic) bond motifs is 3. The highest BCUT2D eigenvalue weighted by molar-refractivity contribution is 7.25. The second-order valence-electron chi connectivity index (χ2n) is 3.81. The summed E-state index contributed by atoms with van der Waals surface area (Å²) in [6.07, 6.45) is 0. The number of hydrogen-bond acceptors (Lipinski definition) is 3. The number of carbonyl (C=O) groups is 1. The zero-order valence-electron chi connectivity index (χ0n) is 8.81. The molecule has 3 rings (SSSR count). The second kappa shape index (κ2) is 3.46. The molecule has 0 atom stereocenters. The number of nitrogens with two attached hydrogens (primary N) is 1. The SMILES string of the molecule is Nc1ccc2sc3ccccc3c2c1C(=O)O. The molecule has 3 N–H and O–H groups in total. The zero-order valence-corrected chi connectivity index (χ0v) is 9.62. The third-order valence-electron chi connectivity index (χ3n) is 2.79. The Balaban J connectivity index is 2.60. The lowest BCUT2D eigenvalue weighted by Crippen LogP contribution is -2.02. The molecule has 0 fully saturated rings. The second-order valence-corrected chi connectivity index (χ2v) is 4.89. The maximum atomic E-state index is 11.3. The Morgan fingerprint density at radius 2 is 1.88 bits per heavy atom. The van der Waals surface area contributed by atoms with Gasteiger partial charge in [-0.2, -0.15) is 0 Å². The number of carboxylic acids is 1. The Hall–Kier alpha value is -2.07. The predicted octanol–water partition coefficient (Wildman–Crippen LogP) is 3.33. The van der Waals surface area contributed by atoms with E-state index in [9.17, 15) is 9.90 Å². The van der Waals surface area contributed by atoms with Crippen LogP contribution in [0.2, 0.25) is 0 Å². The minimum Gasteiger partial charge on any atom is -0.478 e. The van der Waals surface area contributed by atoms with Crippen LogP contribution in [0.4, 0.5) is 5.69 Å². The maximum Gasteiger partial charge on any atom is 0.338 e. The molecular formula is C13H9NO2S. The van der Waals surface area contributed by atoms with E-state index in [0.717, 1.165) is 20.2 Å². The average Bonchev–Trinajstić information content (AvgIpc) is 2.67. The van der Waals surface area contributed by atoms with Crippen molar-refractivity contribution in [2.75, 3.05) is 5.73 Å². The molecular weight excluding hydrogens is 234 g/mol. The van der Waals surface area contributed by atoms with Crippen molar-refractivity contribution in [3.8, 4) is 0 Å². The van der Waals surface area contributed by atoms with Gasteiger partial charge in [0.05, 0.1) is 5.56 Å². The van der Waals surface area contributed by atoms with Gasteiger partial charge in [0.15, 0.2) is 0 Å². The summed E-state index contributed by atoms with van der Waals surface area (Å²) < 4.78 is 2.04. The van der Waals surface area contributed by atoms with Crippen molar-refractivity contribution in [1.82, 2.24) is 0 Å². The first-order chi connectivity index (χ1) is 8.18. The molecule has 0 aliphatic heterocycles. The number of aromatic carboxylic acids is 1. The normalized spacial score (nSPS) is 11.1. The molecule has 3 nitrogen and oxygen atoms in total. The first-order valence-electron chi connectivity index (χ1n) is 5.11. The Kier molecular flexibility index (Phi) is 2.06. The van der Waals surface area contributed by atoms with Crippen LogP contribution in [0.3, 0.4) is 0 Å². The maximum absolute atomic E-state index is 11.3. The molecule has 0 saturated heterocycles. The standard InChI is InChI=1S/C13H9NO2S/c14-8-5-6-10-11(12(8)13(15)16)7-3-1-2-4-9(7)17-10/h1-6H,14H2,(H,15,16). The summed E-state index contributed by atoms with van der Waals surface area (Å²) in [5.41, 5.74) is 6.28. The molecule has 1 aromatic heterocycles. The number of rotatable bonds is 1. The number of thiophene rings is 1. The molecule has 1 heterocycles. The van der Waals surface area contributed by atoms with Gasteiger partial charge in [-0.15, -0.1) is 11.3 Å². The average molecular weight is 243 g/mol. The van der Waals surface area contributed by atoms with E-state index in [1.165, 1.54) is 0 Å². The molecule has 3 aromatic rings. The van der Waals surface area contributed by atoms with Crippen molar-refractivity contribution < 1.29 is 9.90 Å². The lowest BCUT2D eigenvalue weighted by molar-refractivity contribution is 0.0700. The summed E-state index contributed by atoms with van der Waals surface area (Å²) in [7, 11) is 0. The van der Waals surface area contributed by atoms with Gasteiger partial charge in [-0.3, -0.25) is 0 Å². The zero-order chi connectivity index (χ0) is 12.0. The monoisotopic (exact) mass is 243 g/mol. The van der Waals surface area contributed by atoms with Crippen LogP contribution >= 0.6 is 11.3 Å². The molecule has 0 spiro atoms. The Labute approximate surface area is 101 Å². The molecule has 0 bridgehead atoms. The van der Waals surface area contributed by atoms with Gasteiger partial charge in [-0.05, 0) is 18.2 Å². The van der Waals surface area contributed by atoms with Crippen LogP contribution in [-0.2, 0) is 0 Å². The fourth-order valence-corrected chi connectivity index (χ4v) is 3.18. The number of hydrogen-bond donors (Lipinski definition) is 2. The third-order valence-corrected chi connectivity index (χ3v) is 3.93. The van der Waals surface area contributed by atoms with Crippen LogP contribution in [0.15, 0.2) is 36.4 Å². The lowest BCUT2D eigenvalue weighted by atomic mass is 10.0. The smallest absolute Gasteiger partial charge is 0.338 e. The van der Waals surface area contributed by atoms with E-state index >= 15 is 0 Å². The van der Waals surface area contributed by atoms with E-state index in [0.29, 0.717) is 5.69 Å². The number of nitrogen functional groups attached to an aromatic ring is 1. The molecule has 0 amide bonds. The van der Waals surface area contributed by atoms with Gasteiger partial charge in [-0.25, -0.2) is 4.79 Å². The summed E-state index contributed by atoms with van der Waals surface area (Å²) >= 11 is 1.58. The van der Waals surface area contributed by atoms with E-state index < -0.39 is 5.97 Å². The van der Waals surface area contributed by atoms with Gasteiger partial charge in [0.2, 0.25) is 0 Å². The van der Waals surface area contributed by atoms with Gasteiger partial charge in [0.25, 0.3) is 0 Å². The van der Waals surface area contributed by atoms with Crippen molar-refractivity contribution in [3.05, 3.63) is 42.0 Å². The predicted molar refractivity (Wildman–Crippen MR) is 70.7 cm³/mol. The van der Waals surface area contributed by atoms with Crippen LogP contribution in [0, 0.1) is 0 Å². The topological polar surface area (TPSA) is 63.3 Å². The van der Waals surface area contributed by atoms with E-state index in [-0.39, 0.29) is 5.56 Å². The summed E-state index contributed by atoms with van der Waals surface area (Å²) in [4.78, 5) is 11.3. The number of benzene rings is 2. The summed E-state index contributed by atoms with van der Waals surface area (Å²) in [5.74, 6) is -0.975. The largest absolute Gasteiger partial charge is 0.478 e. The van der Waals surface area contributed by atoms with Crippen LogP contribution in [0.1, 0.15) is 10.4 Å². The quantitative estimate of drug-likeness (QED) is 0.644. The van der Waals surface area contributed by atoms with Crippen molar-refractivity contribution in [1.29, 1.82) is 0 Å². The first kappa shape index (κ1) is 10.1. The van der Waals surface area contributed by atoms with Crippen LogP contribution < -0.4 is 5.73 Å². The fraction of sp³-hybridized carbons (Fsp3) is 0. The van der Waals surface area contributed by atoms with Crippen molar-refractivity contribution in [2.24, 2.45) is 0 Å². The summed E-state index contributed by atoms with van der Waals surface area (Å²) in [6, 6.07) is 11.3. The van der Waals surface area contributed by atoms with E-state index in [1.807, 2.05) is 30.3 Å². The fourth-order valence-electron chi connectivity index (χ4n) is 2.06. The van der Waals surface area contributed by atoms with Crippen LogP contribution in [-0.4, -0.2) is 11.1 Å². The van der Waals surface area contributed by atoms with E-state index in [4.69, 9.17) is 5.73 Å². The molecule has 84 valence electrons. The van der Waals surface area contributed by atoms with Crippen molar-refractivity contribution in [2.45, 2.75) is 0 Å². The minimum atomic E-state index is -0.975. The Morgan fingerprint density at radius 3 is 2.65 bits per heavy atom. The van der Waals surface area contributed by atoms with Gasteiger partial charge >= 0.3 is 5.97 Å². The molecule has 0 unspecified atom stereocenters. The van der Waals surface area contributed by atoms with Crippen LogP contribution in [0.5, 0.6) is 0 Å². The number of anilines is 1. The Bertz CT molecular complexity index is 746. The van der Waals surface area contributed by atoms with Gasteiger partial charge in [0, 0.05) is 25.9 Å². The van der Waals surface area contributed by atoms with Crippen LogP contribution in [0.25, 0.3) is 20.2 Å². The number of carboxylic acid groups (broad SMARTS) is 1. The Morgan fingerprint density at radius 1 is 1.12 bits per heavy atom. The minimum absolute atomic E-state index is 0.208. The molecule has 0 aliphatic rings. The molecule has 0 aliphatic carbocycles. The molecule has 17 heavy (non-hydrogen) atoms. The molecule has 4 heteroatoms. The van der Waals surface area contributed by atoms with Crippen molar-refractivity contribution in [3.63, 3.8) is 0 Å². The first-order valence-corrected chi connectivity index (χ1v) is 5.93. The highest BCUT2D eigenvalue weighted by Gasteiger charge is 2.16. The van der Waals surface area contributed by atoms with Gasteiger partial charge in [0.1, 0.15) is 0 Å². The van der Waals surface area contributed by atoms with E-state index in [1.54, 1.807) is 17.4 Å². The van der Waals surface area contributed by atoms with E-state index in [2.05, 4.69) is 0 Å². The molecule has 2 aromatic carbocycles. The van der Waals surface area contributed by atoms with Gasteiger partial charge in [-0.1, -0.05) is 18.2 Å². The summed E-state index contributed by atoms with van der Waals surface area (Å²) in [6.45, 7) is 0. The third kappa shape index (κ3) is 1.38. The molecule has 0 radical (unpaired) electrons. The van der Waals surface area contributed by atoms with Crippen molar-refractivity contribution >= 4 is 43.2 Å². The lowest BCUT2D eigenvalue weighted by Gasteiger charge is -2.02. The highest BCUT2D eigenvalue weighted by Crippen LogP contribution is 2.37.